The number of para-hydroxylation sites is 4. The third-order valence-electron chi connectivity index (χ3n) is 6.25. The van der Waals surface area contributed by atoms with Crippen molar-refractivity contribution < 1.29 is 0 Å². The predicted molar refractivity (Wildman–Crippen MR) is 124 cm³/mol. The number of aromatic nitrogens is 4. The Labute approximate surface area is 172 Å². The van der Waals surface area contributed by atoms with E-state index in [0.29, 0.717) is 0 Å². The summed E-state index contributed by atoms with van der Waals surface area (Å²) >= 11 is 0. The molecule has 0 atom stereocenters. The summed E-state index contributed by atoms with van der Waals surface area (Å²) in [5, 5.41) is 2.52. The fourth-order valence-electron chi connectivity index (χ4n) is 4.96. The van der Waals surface area contributed by atoms with Crippen LogP contribution >= 0.6 is 0 Å². The Morgan fingerprint density at radius 2 is 1.33 bits per heavy atom. The van der Waals surface area contributed by atoms with Gasteiger partial charge in [-0.1, -0.05) is 48.5 Å². The van der Waals surface area contributed by atoms with E-state index in [1.165, 1.54) is 32.8 Å². The maximum absolute atomic E-state index is 5.11. The van der Waals surface area contributed by atoms with Gasteiger partial charge in [-0.05, 0) is 42.5 Å². The van der Waals surface area contributed by atoms with Gasteiger partial charge in [0.15, 0.2) is 0 Å². The number of rotatable bonds is 1. The minimum Gasteiger partial charge on any atom is -0.344 e. The van der Waals surface area contributed by atoms with Crippen molar-refractivity contribution in [1.82, 2.24) is 18.5 Å². The van der Waals surface area contributed by atoms with Crippen LogP contribution in [0.25, 0.3) is 55.3 Å². The number of imidazole rings is 2. The molecular weight excluding hydrogens is 368 g/mol. The standard InChI is InChI=1S/C26H18N4/c1-28-20-12-6-5-11-18(20)24-23(28)16-15-19-25(24)30-22-14-8-7-13-21(22)29(26(30)27-19)17-9-3-2-4-10-17/h2-16H,1H3. The molecule has 7 aromatic rings. The smallest absolute Gasteiger partial charge is 0.220 e. The number of nitrogens with zero attached hydrogens (tertiary/aromatic N) is 4. The van der Waals surface area contributed by atoms with E-state index in [9.17, 15) is 0 Å². The molecule has 0 amide bonds. The van der Waals surface area contributed by atoms with Gasteiger partial charge >= 0.3 is 0 Å². The van der Waals surface area contributed by atoms with E-state index in [4.69, 9.17) is 4.98 Å². The topological polar surface area (TPSA) is 27.2 Å². The average molecular weight is 386 g/mol. The van der Waals surface area contributed by atoms with Gasteiger partial charge in [-0.2, -0.15) is 0 Å². The second-order valence-corrected chi connectivity index (χ2v) is 7.81. The molecule has 4 aromatic carbocycles. The Hall–Kier alpha value is -4.05. The summed E-state index contributed by atoms with van der Waals surface area (Å²) in [5.41, 5.74) is 8.09. The summed E-state index contributed by atoms with van der Waals surface area (Å²) in [7, 11) is 2.14. The van der Waals surface area contributed by atoms with E-state index in [1.54, 1.807) is 0 Å². The molecular formula is C26H18N4. The molecule has 0 radical (unpaired) electrons. The lowest BCUT2D eigenvalue weighted by molar-refractivity contribution is 1.01. The number of benzene rings is 4. The molecule has 4 heteroatoms. The van der Waals surface area contributed by atoms with Gasteiger partial charge in [-0.3, -0.25) is 8.97 Å². The third kappa shape index (κ3) is 1.83. The minimum atomic E-state index is 0.942. The molecule has 142 valence electrons. The molecule has 0 aliphatic heterocycles. The molecule has 0 bridgehead atoms. The summed E-state index contributed by atoms with van der Waals surface area (Å²) < 4.78 is 6.86. The van der Waals surface area contributed by atoms with Crippen LogP contribution in [0.15, 0.2) is 91.0 Å². The van der Waals surface area contributed by atoms with Crippen LogP contribution in [0.2, 0.25) is 0 Å². The first-order valence-electron chi connectivity index (χ1n) is 10.2. The minimum absolute atomic E-state index is 0.942. The highest BCUT2D eigenvalue weighted by atomic mass is 15.2. The van der Waals surface area contributed by atoms with Gasteiger partial charge in [0.2, 0.25) is 5.78 Å². The second-order valence-electron chi connectivity index (χ2n) is 7.81. The van der Waals surface area contributed by atoms with Crippen LogP contribution < -0.4 is 0 Å². The number of hydrogen-bond acceptors (Lipinski definition) is 1. The molecule has 0 unspecified atom stereocenters. The maximum atomic E-state index is 5.11. The lowest BCUT2D eigenvalue weighted by Gasteiger charge is -2.04. The van der Waals surface area contributed by atoms with Crippen LogP contribution in [0.1, 0.15) is 0 Å². The van der Waals surface area contributed by atoms with Gasteiger partial charge in [-0.25, -0.2) is 4.98 Å². The van der Waals surface area contributed by atoms with Crippen LogP contribution in [0.3, 0.4) is 0 Å². The number of fused-ring (bicyclic) bond motifs is 9. The van der Waals surface area contributed by atoms with E-state index in [1.807, 2.05) is 6.07 Å². The van der Waals surface area contributed by atoms with E-state index in [2.05, 4.69) is 106 Å². The van der Waals surface area contributed by atoms with Crippen LogP contribution in [0.5, 0.6) is 0 Å². The molecule has 0 saturated carbocycles. The fourth-order valence-corrected chi connectivity index (χ4v) is 4.96. The van der Waals surface area contributed by atoms with E-state index in [-0.39, 0.29) is 0 Å². The highest BCUT2D eigenvalue weighted by molar-refractivity contribution is 6.20. The van der Waals surface area contributed by atoms with Crippen molar-refractivity contribution in [1.29, 1.82) is 0 Å². The van der Waals surface area contributed by atoms with Crippen molar-refractivity contribution in [2.24, 2.45) is 7.05 Å². The average Bonchev–Trinajstić information content (AvgIpc) is 3.42. The SMILES string of the molecule is Cn1c2ccccc2c2c1ccc1nc3n(-c4ccccc4)c4ccccc4n3c12. The van der Waals surface area contributed by atoms with E-state index < -0.39 is 0 Å². The van der Waals surface area contributed by atoms with Crippen LogP contribution in [0, 0.1) is 0 Å². The van der Waals surface area contributed by atoms with Crippen LogP contribution in [-0.4, -0.2) is 18.5 Å². The Bertz CT molecular complexity index is 1750. The van der Waals surface area contributed by atoms with Gasteiger partial charge in [0.1, 0.15) is 0 Å². The first-order chi connectivity index (χ1) is 14.8. The Balaban J connectivity index is 1.80. The van der Waals surface area contributed by atoms with Gasteiger partial charge in [0, 0.05) is 29.0 Å². The van der Waals surface area contributed by atoms with Gasteiger partial charge in [0.05, 0.1) is 27.6 Å². The van der Waals surface area contributed by atoms with Gasteiger partial charge in [-0.15, -0.1) is 0 Å². The summed E-state index contributed by atoms with van der Waals surface area (Å²) in [6, 6.07) is 32.0. The van der Waals surface area contributed by atoms with Crippen molar-refractivity contribution in [2.45, 2.75) is 0 Å². The van der Waals surface area contributed by atoms with Crippen molar-refractivity contribution >= 4 is 49.7 Å². The summed E-state index contributed by atoms with van der Waals surface area (Å²) in [6.45, 7) is 0. The lowest BCUT2D eigenvalue weighted by Crippen LogP contribution is -1.94. The Morgan fingerprint density at radius 1 is 0.633 bits per heavy atom. The molecule has 0 N–H and O–H groups in total. The van der Waals surface area contributed by atoms with Gasteiger partial charge < -0.3 is 4.57 Å². The summed E-state index contributed by atoms with van der Waals surface area (Å²) in [5.74, 6) is 0.942. The van der Waals surface area contributed by atoms with Crippen molar-refractivity contribution in [3.8, 4) is 5.69 Å². The predicted octanol–water partition coefficient (Wildman–Crippen LogP) is 6.08. The molecule has 3 heterocycles. The lowest BCUT2D eigenvalue weighted by atomic mass is 10.1. The molecule has 4 nitrogen and oxygen atoms in total. The summed E-state index contributed by atoms with van der Waals surface area (Å²) in [4.78, 5) is 5.11. The molecule has 0 saturated heterocycles. The molecule has 0 aliphatic carbocycles. The normalized spacial score (nSPS) is 12.2. The molecule has 0 spiro atoms. The zero-order valence-corrected chi connectivity index (χ0v) is 16.4. The van der Waals surface area contributed by atoms with Crippen molar-refractivity contribution in [3.05, 3.63) is 91.0 Å². The van der Waals surface area contributed by atoms with E-state index in [0.717, 1.165) is 22.5 Å². The molecule has 0 fully saturated rings. The Morgan fingerprint density at radius 3 is 2.17 bits per heavy atom. The maximum Gasteiger partial charge on any atom is 0.220 e. The molecule has 30 heavy (non-hydrogen) atoms. The van der Waals surface area contributed by atoms with Crippen molar-refractivity contribution in [3.63, 3.8) is 0 Å². The number of hydrogen-bond donors (Lipinski definition) is 0. The largest absolute Gasteiger partial charge is 0.344 e. The molecule has 3 aromatic heterocycles. The zero-order chi connectivity index (χ0) is 19.8. The highest BCUT2D eigenvalue weighted by Gasteiger charge is 2.20. The highest BCUT2D eigenvalue weighted by Crippen LogP contribution is 2.37. The third-order valence-corrected chi connectivity index (χ3v) is 6.25. The first kappa shape index (κ1) is 15.8. The van der Waals surface area contributed by atoms with Gasteiger partial charge in [0.25, 0.3) is 0 Å². The second kappa shape index (κ2) is 5.51. The van der Waals surface area contributed by atoms with E-state index >= 15 is 0 Å². The Kier molecular flexibility index (Phi) is 2.91. The zero-order valence-electron chi connectivity index (χ0n) is 16.4. The monoisotopic (exact) mass is 386 g/mol. The molecule has 0 aliphatic rings. The quantitative estimate of drug-likeness (QED) is 0.336. The first-order valence-corrected chi connectivity index (χ1v) is 10.2. The fraction of sp³-hybridized carbons (Fsp3) is 0.0385. The van der Waals surface area contributed by atoms with Crippen LogP contribution in [0.4, 0.5) is 0 Å². The van der Waals surface area contributed by atoms with Crippen LogP contribution in [-0.2, 0) is 7.05 Å². The van der Waals surface area contributed by atoms with Crippen molar-refractivity contribution in [2.75, 3.05) is 0 Å². The number of aryl methyl sites for hydroxylation is 1. The summed E-state index contributed by atoms with van der Waals surface area (Å²) in [6.07, 6.45) is 0. The molecule has 7 rings (SSSR count).